The Morgan fingerprint density at radius 2 is 1.93 bits per heavy atom. The summed E-state index contributed by atoms with van der Waals surface area (Å²) in [5.74, 6) is 0.909. The molecule has 0 unspecified atom stereocenters. The monoisotopic (exact) mass is 394 g/mol. The highest BCUT2D eigenvalue weighted by Crippen LogP contribution is 2.29. The molecule has 1 atom stereocenters. The Morgan fingerprint density at radius 3 is 2.61 bits per heavy atom. The van der Waals surface area contributed by atoms with Crippen LogP contribution in [0.1, 0.15) is 25.0 Å². The first-order chi connectivity index (χ1) is 13.5. The third kappa shape index (κ3) is 4.65. The van der Waals surface area contributed by atoms with Crippen LogP contribution in [0.15, 0.2) is 59.6 Å². The standard InChI is InChI=1S/C23H26N2O2S/c1-5-25(15-18-9-7-6-8-10-18)23(26)17(3)28-22-13-16(2)20-12-11-19(27-4)14-21(20)24-22/h6-14,17H,5,15H2,1-4H3/t17-/m0/s1. The van der Waals surface area contributed by atoms with Crippen LogP contribution in [0.4, 0.5) is 0 Å². The van der Waals surface area contributed by atoms with Crippen molar-refractivity contribution in [3.05, 3.63) is 65.7 Å². The molecule has 0 fully saturated rings. The Hall–Kier alpha value is -2.53. The van der Waals surface area contributed by atoms with Crippen LogP contribution in [-0.2, 0) is 11.3 Å². The molecule has 0 saturated carbocycles. The zero-order valence-corrected chi connectivity index (χ0v) is 17.6. The number of fused-ring (bicyclic) bond motifs is 1. The van der Waals surface area contributed by atoms with E-state index in [-0.39, 0.29) is 11.2 Å². The number of methoxy groups -OCH3 is 1. The Balaban J connectivity index is 1.77. The van der Waals surface area contributed by atoms with Gasteiger partial charge in [-0.1, -0.05) is 42.1 Å². The fourth-order valence-corrected chi connectivity index (χ4v) is 4.18. The van der Waals surface area contributed by atoms with Gasteiger partial charge in [0.25, 0.3) is 0 Å². The molecular weight excluding hydrogens is 368 g/mol. The summed E-state index contributed by atoms with van der Waals surface area (Å²) in [6.45, 7) is 7.35. The minimum atomic E-state index is -0.210. The molecule has 28 heavy (non-hydrogen) atoms. The van der Waals surface area contributed by atoms with Crippen molar-refractivity contribution in [1.29, 1.82) is 0 Å². The molecule has 0 spiro atoms. The third-order valence-corrected chi connectivity index (χ3v) is 5.76. The lowest BCUT2D eigenvalue weighted by Gasteiger charge is -2.24. The number of benzene rings is 2. The summed E-state index contributed by atoms with van der Waals surface area (Å²) in [5, 5.41) is 1.75. The number of hydrogen-bond donors (Lipinski definition) is 0. The third-order valence-electron chi connectivity index (χ3n) is 4.76. The number of hydrogen-bond acceptors (Lipinski definition) is 4. The number of nitrogens with zero attached hydrogens (tertiary/aromatic N) is 2. The summed E-state index contributed by atoms with van der Waals surface area (Å²) in [4.78, 5) is 19.6. The number of aromatic nitrogens is 1. The average Bonchev–Trinajstić information content (AvgIpc) is 2.71. The van der Waals surface area contributed by atoms with Gasteiger partial charge in [-0.05, 0) is 50.1 Å². The van der Waals surface area contributed by atoms with E-state index in [9.17, 15) is 4.79 Å². The number of thioether (sulfide) groups is 1. The number of pyridine rings is 1. The van der Waals surface area contributed by atoms with E-state index in [1.165, 1.54) is 11.8 Å². The van der Waals surface area contributed by atoms with E-state index in [1.807, 2.05) is 55.1 Å². The summed E-state index contributed by atoms with van der Waals surface area (Å²) in [7, 11) is 1.65. The lowest BCUT2D eigenvalue weighted by Crippen LogP contribution is -2.36. The van der Waals surface area contributed by atoms with Crippen molar-refractivity contribution < 1.29 is 9.53 Å². The van der Waals surface area contributed by atoms with Gasteiger partial charge >= 0.3 is 0 Å². The van der Waals surface area contributed by atoms with Gasteiger partial charge in [-0.2, -0.15) is 0 Å². The molecule has 4 nitrogen and oxygen atoms in total. The van der Waals surface area contributed by atoms with Gasteiger partial charge in [-0.3, -0.25) is 4.79 Å². The second-order valence-corrected chi connectivity index (χ2v) is 8.12. The van der Waals surface area contributed by atoms with Crippen molar-refractivity contribution in [2.24, 2.45) is 0 Å². The summed E-state index contributed by atoms with van der Waals surface area (Å²) < 4.78 is 5.32. The molecule has 0 bridgehead atoms. The van der Waals surface area contributed by atoms with Gasteiger partial charge in [0, 0.05) is 24.5 Å². The van der Waals surface area contributed by atoms with Gasteiger partial charge in [0.1, 0.15) is 5.75 Å². The quantitative estimate of drug-likeness (QED) is 0.524. The highest BCUT2D eigenvalue weighted by Gasteiger charge is 2.21. The maximum Gasteiger partial charge on any atom is 0.236 e. The molecule has 0 radical (unpaired) electrons. The fourth-order valence-electron chi connectivity index (χ4n) is 3.18. The van der Waals surface area contributed by atoms with Crippen molar-refractivity contribution in [2.75, 3.05) is 13.7 Å². The smallest absolute Gasteiger partial charge is 0.236 e. The van der Waals surface area contributed by atoms with E-state index in [0.29, 0.717) is 13.1 Å². The van der Waals surface area contributed by atoms with Crippen LogP contribution in [0.25, 0.3) is 10.9 Å². The number of rotatable bonds is 7. The number of amides is 1. The molecule has 1 heterocycles. The van der Waals surface area contributed by atoms with E-state index in [2.05, 4.69) is 25.1 Å². The SMILES string of the molecule is CCN(Cc1ccccc1)C(=O)[C@H](C)Sc1cc(C)c2ccc(OC)cc2n1. The van der Waals surface area contributed by atoms with E-state index in [4.69, 9.17) is 9.72 Å². The molecule has 0 aliphatic carbocycles. The molecule has 0 aliphatic rings. The lowest BCUT2D eigenvalue weighted by molar-refractivity contribution is -0.130. The molecule has 1 aromatic heterocycles. The Kier molecular flexibility index (Phi) is 6.57. The molecule has 0 aliphatic heterocycles. The Labute approximate surface area is 170 Å². The highest BCUT2D eigenvalue weighted by molar-refractivity contribution is 8.00. The van der Waals surface area contributed by atoms with Crippen LogP contribution in [0.5, 0.6) is 5.75 Å². The van der Waals surface area contributed by atoms with Crippen LogP contribution in [-0.4, -0.2) is 34.7 Å². The minimum Gasteiger partial charge on any atom is -0.497 e. The lowest BCUT2D eigenvalue weighted by atomic mass is 10.1. The minimum absolute atomic E-state index is 0.126. The van der Waals surface area contributed by atoms with Gasteiger partial charge < -0.3 is 9.64 Å². The molecule has 0 saturated heterocycles. The second-order valence-electron chi connectivity index (χ2n) is 6.76. The number of carbonyl (C=O) groups is 1. The van der Waals surface area contributed by atoms with Gasteiger partial charge in [0.2, 0.25) is 5.91 Å². The van der Waals surface area contributed by atoms with Crippen LogP contribution in [0, 0.1) is 6.92 Å². The summed E-state index contributed by atoms with van der Waals surface area (Å²) in [5.41, 5.74) is 3.17. The molecule has 5 heteroatoms. The largest absolute Gasteiger partial charge is 0.497 e. The van der Waals surface area contributed by atoms with E-state index < -0.39 is 0 Å². The molecule has 0 N–H and O–H groups in total. The van der Waals surface area contributed by atoms with Crippen LogP contribution >= 0.6 is 11.8 Å². The predicted molar refractivity (Wildman–Crippen MR) is 116 cm³/mol. The molecule has 1 amide bonds. The van der Waals surface area contributed by atoms with Crippen LogP contribution < -0.4 is 4.74 Å². The number of aryl methyl sites for hydroxylation is 1. The first-order valence-corrected chi connectivity index (χ1v) is 10.3. The highest BCUT2D eigenvalue weighted by atomic mass is 32.2. The Bertz CT molecular complexity index is 959. The molecular formula is C23H26N2O2S. The van der Waals surface area contributed by atoms with Crippen molar-refractivity contribution >= 4 is 28.6 Å². The molecule has 3 aromatic rings. The molecule has 2 aromatic carbocycles. The topological polar surface area (TPSA) is 42.4 Å². The van der Waals surface area contributed by atoms with Crippen molar-refractivity contribution in [1.82, 2.24) is 9.88 Å². The van der Waals surface area contributed by atoms with E-state index >= 15 is 0 Å². The normalized spacial score (nSPS) is 12.0. The van der Waals surface area contributed by atoms with Crippen LogP contribution in [0.2, 0.25) is 0 Å². The first-order valence-electron chi connectivity index (χ1n) is 9.46. The maximum absolute atomic E-state index is 13.0. The maximum atomic E-state index is 13.0. The van der Waals surface area contributed by atoms with E-state index in [0.717, 1.165) is 32.8 Å². The van der Waals surface area contributed by atoms with Gasteiger partial charge in [0.05, 0.1) is 22.9 Å². The summed E-state index contributed by atoms with van der Waals surface area (Å²) in [6, 6.07) is 18.1. The number of ether oxygens (including phenoxy) is 1. The van der Waals surface area contributed by atoms with Crippen molar-refractivity contribution in [3.8, 4) is 5.75 Å². The Morgan fingerprint density at radius 1 is 1.18 bits per heavy atom. The zero-order valence-electron chi connectivity index (χ0n) is 16.8. The fraction of sp³-hybridized carbons (Fsp3) is 0.304. The second kappa shape index (κ2) is 9.11. The predicted octanol–water partition coefficient (Wildman–Crippen LogP) is 5.08. The average molecular weight is 395 g/mol. The van der Waals surface area contributed by atoms with Gasteiger partial charge in [-0.15, -0.1) is 0 Å². The summed E-state index contributed by atoms with van der Waals surface area (Å²) in [6.07, 6.45) is 0. The van der Waals surface area contributed by atoms with E-state index in [1.54, 1.807) is 7.11 Å². The van der Waals surface area contributed by atoms with Crippen LogP contribution in [0.3, 0.4) is 0 Å². The molecule has 3 rings (SSSR count). The number of carbonyl (C=O) groups excluding carboxylic acids is 1. The van der Waals surface area contributed by atoms with Crippen molar-refractivity contribution in [3.63, 3.8) is 0 Å². The van der Waals surface area contributed by atoms with Crippen molar-refractivity contribution in [2.45, 2.75) is 37.6 Å². The van der Waals surface area contributed by atoms with Gasteiger partial charge in [0.15, 0.2) is 0 Å². The van der Waals surface area contributed by atoms with Gasteiger partial charge in [-0.25, -0.2) is 4.98 Å². The zero-order chi connectivity index (χ0) is 20.1. The first kappa shape index (κ1) is 20.2. The summed E-state index contributed by atoms with van der Waals surface area (Å²) >= 11 is 1.51. The molecule has 146 valence electrons.